The normalized spacial score (nSPS) is 38.1. The lowest BCUT2D eigenvalue weighted by Crippen LogP contribution is -2.43. The fourth-order valence-electron chi connectivity index (χ4n) is 9.70. The van der Waals surface area contributed by atoms with E-state index in [4.69, 9.17) is 9.47 Å². The van der Waals surface area contributed by atoms with E-state index in [2.05, 4.69) is 104 Å². The summed E-state index contributed by atoms with van der Waals surface area (Å²) in [4.78, 5) is 0. The van der Waals surface area contributed by atoms with Crippen LogP contribution < -0.4 is 0 Å². The fourth-order valence-corrected chi connectivity index (χ4v) is 9.70. The van der Waals surface area contributed by atoms with Gasteiger partial charge in [-0.15, -0.1) is 0 Å². The van der Waals surface area contributed by atoms with Gasteiger partial charge in [0.2, 0.25) is 0 Å². The van der Waals surface area contributed by atoms with Crippen LogP contribution in [0.25, 0.3) is 16.8 Å². The van der Waals surface area contributed by atoms with E-state index in [9.17, 15) is 0 Å². The lowest BCUT2D eigenvalue weighted by atomic mass is 9.60. The molecule has 2 saturated carbocycles. The minimum absolute atomic E-state index is 0.0862. The van der Waals surface area contributed by atoms with Gasteiger partial charge in [0, 0.05) is 16.7 Å². The van der Waals surface area contributed by atoms with Crippen LogP contribution in [0, 0.1) is 22.7 Å². The van der Waals surface area contributed by atoms with E-state index in [0.29, 0.717) is 35.9 Å². The molecule has 0 radical (unpaired) electrons. The Balaban J connectivity index is 1.25. The van der Waals surface area contributed by atoms with Crippen molar-refractivity contribution in [2.45, 2.75) is 129 Å². The van der Waals surface area contributed by atoms with Crippen LogP contribution >= 0.6 is 0 Å². The molecule has 0 spiro atoms. The maximum absolute atomic E-state index is 6.66. The van der Waals surface area contributed by atoms with Crippen LogP contribution in [0.15, 0.2) is 42.5 Å². The Labute approximate surface area is 242 Å². The molecule has 0 bridgehead atoms. The zero-order valence-electron chi connectivity index (χ0n) is 26.1. The zero-order valence-corrected chi connectivity index (χ0v) is 26.1. The molecule has 0 aliphatic heterocycles. The number of fused-ring (bicyclic) bond motifs is 10. The number of rotatable bonds is 2. The summed E-state index contributed by atoms with van der Waals surface area (Å²) < 4.78 is 13.3. The van der Waals surface area contributed by atoms with Crippen molar-refractivity contribution >= 4 is 16.8 Å². The molecule has 2 heteroatoms. The number of ether oxygens (including phenoxy) is 2. The Bertz CT molecular complexity index is 1400. The van der Waals surface area contributed by atoms with Crippen LogP contribution in [-0.2, 0) is 15.9 Å². The Morgan fingerprint density at radius 2 is 1.52 bits per heavy atom. The molecule has 2 nitrogen and oxygen atoms in total. The summed E-state index contributed by atoms with van der Waals surface area (Å²) in [5, 5.41) is 2.92. The monoisotopic (exact) mass is 538 g/mol. The SMILES string of the molecule is CC(C)(C)O[C@H]1CC[C@H]2[C@@H]3C=Cc4cc5ccc6c(c5cc4[C@@H]3C=C[C@]12C)CC[C@]1(C)[C@@H](OC(C)(C)C)CC[C@@H]61. The quantitative estimate of drug-likeness (QED) is 0.354. The van der Waals surface area contributed by atoms with Gasteiger partial charge < -0.3 is 9.47 Å². The highest BCUT2D eigenvalue weighted by atomic mass is 16.5. The molecule has 40 heavy (non-hydrogen) atoms. The van der Waals surface area contributed by atoms with E-state index >= 15 is 0 Å². The molecule has 8 atom stereocenters. The van der Waals surface area contributed by atoms with Crippen LogP contribution in [0.4, 0.5) is 0 Å². The standard InChI is InChI=1S/C38H50O2/c1-35(2,3)39-33-15-13-31-27-11-9-23-21-24-10-12-28-26(30(24)22-29(23)25(27)17-19-37(31,33)7)18-20-38(8)32(28)14-16-34(38)40-36(4,5)6/h9-12,17,19,21-22,25,27,31-34H,13-16,18,20H2,1-8H3/t25-,27-,31+,32+,33+,34+,37+,38+/m1/s1. The summed E-state index contributed by atoms with van der Waals surface area (Å²) in [6.07, 6.45) is 18.0. The third-order valence-electron chi connectivity index (χ3n) is 11.5. The van der Waals surface area contributed by atoms with Crippen molar-refractivity contribution in [1.29, 1.82) is 0 Å². The number of allylic oxidation sites excluding steroid dienone is 2. The average Bonchev–Trinajstić information content (AvgIpc) is 3.37. The van der Waals surface area contributed by atoms with E-state index in [1.165, 1.54) is 42.0 Å². The molecular formula is C38H50O2. The van der Waals surface area contributed by atoms with Crippen molar-refractivity contribution in [2.24, 2.45) is 22.7 Å². The Morgan fingerprint density at radius 1 is 0.800 bits per heavy atom. The summed E-state index contributed by atoms with van der Waals surface area (Å²) >= 11 is 0. The maximum atomic E-state index is 6.66. The summed E-state index contributed by atoms with van der Waals surface area (Å²) in [5.74, 6) is 2.27. The molecule has 0 heterocycles. The third kappa shape index (κ3) is 4.10. The predicted molar refractivity (Wildman–Crippen MR) is 167 cm³/mol. The molecule has 7 rings (SSSR count). The Kier molecular flexibility index (Phi) is 5.94. The first-order chi connectivity index (χ1) is 18.8. The molecular weight excluding hydrogens is 488 g/mol. The van der Waals surface area contributed by atoms with Crippen molar-refractivity contribution < 1.29 is 9.47 Å². The molecule has 2 fully saturated rings. The molecule has 5 aliphatic carbocycles. The number of benzene rings is 2. The van der Waals surface area contributed by atoms with Gasteiger partial charge in [0.1, 0.15) is 0 Å². The summed E-state index contributed by atoms with van der Waals surface area (Å²) in [6.45, 7) is 18.2. The molecule has 214 valence electrons. The van der Waals surface area contributed by atoms with E-state index in [1.54, 1.807) is 16.7 Å². The lowest BCUT2D eigenvalue weighted by Gasteiger charge is -2.46. The highest BCUT2D eigenvalue weighted by Gasteiger charge is 2.54. The lowest BCUT2D eigenvalue weighted by molar-refractivity contribution is -0.107. The number of hydrogen-bond acceptors (Lipinski definition) is 2. The van der Waals surface area contributed by atoms with Gasteiger partial charge >= 0.3 is 0 Å². The molecule has 0 aromatic heterocycles. The van der Waals surface area contributed by atoms with Crippen molar-refractivity contribution in [3.63, 3.8) is 0 Å². The fraction of sp³-hybridized carbons (Fsp3) is 0.632. The average molecular weight is 539 g/mol. The number of hydrogen-bond donors (Lipinski definition) is 0. The van der Waals surface area contributed by atoms with Gasteiger partial charge in [-0.05, 0) is 143 Å². The van der Waals surface area contributed by atoms with Gasteiger partial charge in [-0.3, -0.25) is 0 Å². The molecule has 0 unspecified atom stereocenters. The molecule has 2 aromatic carbocycles. The Morgan fingerprint density at radius 3 is 2.27 bits per heavy atom. The van der Waals surface area contributed by atoms with Crippen LogP contribution in [0.3, 0.4) is 0 Å². The van der Waals surface area contributed by atoms with Crippen LogP contribution in [0.1, 0.15) is 122 Å². The van der Waals surface area contributed by atoms with E-state index < -0.39 is 0 Å². The first-order valence-corrected chi connectivity index (χ1v) is 16.1. The van der Waals surface area contributed by atoms with Crippen molar-refractivity contribution in [3.05, 3.63) is 64.7 Å². The largest absolute Gasteiger partial charge is 0.372 e. The second-order valence-electron chi connectivity index (χ2n) is 16.3. The Hall–Kier alpha value is -1.90. The van der Waals surface area contributed by atoms with E-state index in [0.717, 1.165) is 12.8 Å². The predicted octanol–water partition coefficient (Wildman–Crippen LogP) is 9.75. The summed E-state index contributed by atoms with van der Waals surface area (Å²) in [7, 11) is 0. The van der Waals surface area contributed by atoms with Crippen molar-refractivity contribution in [3.8, 4) is 0 Å². The third-order valence-corrected chi connectivity index (χ3v) is 11.5. The first kappa shape index (κ1) is 27.0. The van der Waals surface area contributed by atoms with E-state index in [-0.39, 0.29) is 22.0 Å². The first-order valence-electron chi connectivity index (χ1n) is 16.1. The topological polar surface area (TPSA) is 18.5 Å². The van der Waals surface area contributed by atoms with Crippen LogP contribution in [-0.4, -0.2) is 23.4 Å². The van der Waals surface area contributed by atoms with Gasteiger partial charge in [-0.2, -0.15) is 0 Å². The second kappa shape index (κ2) is 8.81. The summed E-state index contributed by atoms with van der Waals surface area (Å²) in [6, 6.07) is 9.97. The summed E-state index contributed by atoms with van der Waals surface area (Å²) in [5.41, 5.74) is 6.35. The van der Waals surface area contributed by atoms with Gasteiger partial charge in [-0.1, -0.05) is 50.3 Å². The zero-order chi connectivity index (χ0) is 28.2. The van der Waals surface area contributed by atoms with Crippen molar-refractivity contribution in [1.82, 2.24) is 0 Å². The minimum Gasteiger partial charge on any atom is -0.372 e. The van der Waals surface area contributed by atoms with Crippen LogP contribution in [0.2, 0.25) is 0 Å². The molecule has 0 N–H and O–H groups in total. The van der Waals surface area contributed by atoms with Crippen molar-refractivity contribution in [2.75, 3.05) is 0 Å². The molecule has 5 aliphatic rings. The molecule has 0 amide bonds. The van der Waals surface area contributed by atoms with Gasteiger partial charge in [0.25, 0.3) is 0 Å². The van der Waals surface area contributed by atoms with E-state index in [1.807, 2.05) is 0 Å². The maximum Gasteiger partial charge on any atom is 0.0673 e. The van der Waals surface area contributed by atoms with Crippen LogP contribution in [0.5, 0.6) is 0 Å². The highest BCUT2D eigenvalue weighted by Crippen LogP contribution is 2.60. The van der Waals surface area contributed by atoms with Gasteiger partial charge in [-0.25, -0.2) is 0 Å². The number of aryl methyl sites for hydroxylation is 1. The second-order valence-corrected chi connectivity index (χ2v) is 16.3. The molecule has 0 saturated heterocycles. The van der Waals surface area contributed by atoms with Gasteiger partial charge in [0.05, 0.1) is 23.4 Å². The minimum atomic E-state index is -0.103. The smallest absolute Gasteiger partial charge is 0.0673 e. The van der Waals surface area contributed by atoms with Gasteiger partial charge in [0.15, 0.2) is 0 Å². The molecule has 2 aromatic rings. The highest BCUT2D eigenvalue weighted by molar-refractivity contribution is 5.91.